The lowest BCUT2D eigenvalue weighted by atomic mass is 10.1. The number of carbonyl (C=O) groups is 1. The zero-order valence-corrected chi connectivity index (χ0v) is 9.79. The van der Waals surface area contributed by atoms with E-state index in [4.69, 9.17) is 5.11 Å². The lowest BCUT2D eigenvalue weighted by molar-refractivity contribution is -0.140. The summed E-state index contributed by atoms with van der Waals surface area (Å²) in [6.07, 6.45) is -9.70. The van der Waals surface area contributed by atoms with Crippen LogP contribution in [0.2, 0.25) is 0 Å². The quantitative estimate of drug-likeness (QED) is 0.869. The van der Waals surface area contributed by atoms with E-state index < -0.39 is 42.7 Å². The van der Waals surface area contributed by atoms with E-state index in [9.17, 15) is 31.1 Å². The van der Waals surface area contributed by atoms with Crippen LogP contribution in [-0.2, 0) is 11.0 Å². The molecule has 3 nitrogen and oxygen atoms in total. The number of nitrogens with zero attached hydrogens (tertiary/aromatic N) is 1. The summed E-state index contributed by atoms with van der Waals surface area (Å²) in [5.74, 6) is -1.66. The molecule has 0 unspecified atom stereocenters. The van der Waals surface area contributed by atoms with E-state index in [1.54, 1.807) is 0 Å². The van der Waals surface area contributed by atoms with Gasteiger partial charge in [0.1, 0.15) is 13.1 Å². The maximum absolute atomic E-state index is 12.7. The second-order valence-electron chi connectivity index (χ2n) is 3.88. The minimum atomic E-state index is -4.88. The average molecular weight is 301 g/mol. The molecule has 0 spiro atoms. The van der Waals surface area contributed by atoms with Gasteiger partial charge < -0.3 is 10.0 Å². The van der Waals surface area contributed by atoms with E-state index in [-0.39, 0.29) is 4.90 Å². The lowest BCUT2D eigenvalue weighted by Crippen LogP contribution is -2.39. The number of anilines is 1. The Morgan fingerprint density at radius 1 is 1.10 bits per heavy atom. The predicted octanol–water partition coefficient (Wildman–Crippen LogP) is 3.16. The molecule has 1 aromatic rings. The molecule has 0 bridgehead atoms. The smallest absolute Gasteiger partial charge is 0.418 e. The highest BCUT2D eigenvalue weighted by atomic mass is 19.4. The SMILES string of the molecule is O=C(O)CN(CC(F)(F)F)c1ccccc1C(F)(F)F. The molecule has 0 amide bonds. The molecular weight excluding hydrogens is 292 g/mol. The molecule has 9 heteroatoms. The average Bonchev–Trinajstić information content (AvgIpc) is 2.24. The van der Waals surface area contributed by atoms with E-state index in [0.717, 1.165) is 18.2 Å². The summed E-state index contributed by atoms with van der Waals surface area (Å²) in [6, 6.07) is 3.52. The first-order valence-electron chi connectivity index (χ1n) is 5.20. The van der Waals surface area contributed by atoms with Crippen molar-refractivity contribution >= 4 is 11.7 Å². The molecule has 0 saturated heterocycles. The van der Waals surface area contributed by atoms with E-state index in [1.807, 2.05) is 0 Å². The maximum atomic E-state index is 12.7. The fourth-order valence-corrected chi connectivity index (χ4v) is 1.60. The third-order valence-corrected chi connectivity index (χ3v) is 2.25. The molecule has 0 heterocycles. The van der Waals surface area contributed by atoms with Crippen molar-refractivity contribution in [3.8, 4) is 0 Å². The number of hydrogen-bond donors (Lipinski definition) is 1. The van der Waals surface area contributed by atoms with Gasteiger partial charge >= 0.3 is 18.3 Å². The zero-order valence-electron chi connectivity index (χ0n) is 9.79. The Morgan fingerprint density at radius 2 is 1.65 bits per heavy atom. The maximum Gasteiger partial charge on any atom is 0.418 e. The van der Waals surface area contributed by atoms with Crippen LogP contribution >= 0.6 is 0 Å². The van der Waals surface area contributed by atoms with Gasteiger partial charge in [0.25, 0.3) is 0 Å². The van der Waals surface area contributed by atoms with Gasteiger partial charge in [-0.05, 0) is 12.1 Å². The van der Waals surface area contributed by atoms with Crippen LogP contribution in [0.3, 0.4) is 0 Å². The van der Waals surface area contributed by atoms with Crippen LogP contribution in [-0.4, -0.2) is 30.3 Å². The molecular formula is C11H9F6NO2. The largest absolute Gasteiger partial charge is 0.480 e. The molecule has 0 aliphatic heterocycles. The second-order valence-corrected chi connectivity index (χ2v) is 3.88. The van der Waals surface area contributed by atoms with Crippen molar-refractivity contribution in [1.29, 1.82) is 0 Å². The molecule has 1 rings (SSSR count). The normalized spacial score (nSPS) is 12.3. The number of benzene rings is 1. The van der Waals surface area contributed by atoms with Crippen LogP contribution in [0.5, 0.6) is 0 Å². The Balaban J connectivity index is 3.23. The lowest BCUT2D eigenvalue weighted by Gasteiger charge is -2.27. The highest BCUT2D eigenvalue weighted by Gasteiger charge is 2.38. The van der Waals surface area contributed by atoms with Gasteiger partial charge in [-0.3, -0.25) is 4.79 Å². The summed E-state index contributed by atoms with van der Waals surface area (Å²) in [7, 11) is 0. The fourth-order valence-electron chi connectivity index (χ4n) is 1.60. The van der Waals surface area contributed by atoms with E-state index in [2.05, 4.69) is 0 Å². The number of aliphatic carboxylic acids is 1. The monoisotopic (exact) mass is 301 g/mol. The van der Waals surface area contributed by atoms with Gasteiger partial charge in [0.05, 0.1) is 5.56 Å². The topological polar surface area (TPSA) is 40.5 Å². The summed E-state index contributed by atoms with van der Waals surface area (Å²) in [5, 5.41) is 8.55. The molecule has 0 fully saturated rings. The number of rotatable bonds is 4. The minimum absolute atomic E-state index is 0.130. The van der Waals surface area contributed by atoms with Gasteiger partial charge in [-0.25, -0.2) is 0 Å². The van der Waals surface area contributed by atoms with E-state index in [0.29, 0.717) is 6.07 Å². The van der Waals surface area contributed by atoms with Gasteiger partial charge in [0, 0.05) is 5.69 Å². The number of para-hydroxylation sites is 1. The van der Waals surface area contributed by atoms with Crippen LogP contribution in [0.25, 0.3) is 0 Å². The van der Waals surface area contributed by atoms with Crippen molar-refractivity contribution < 1.29 is 36.2 Å². The first-order valence-corrected chi connectivity index (χ1v) is 5.20. The molecule has 20 heavy (non-hydrogen) atoms. The van der Waals surface area contributed by atoms with E-state index in [1.165, 1.54) is 0 Å². The van der Waals surface area contributed by atoms with Gasteiger partial charge in [-0.1, -0.05) is 12.1 Å². The van der Waals surface area contributed by atoms with E-state index >= 15 is 0 Å². The van der Waals surface area contributed by atoms with Crippen molar-refractivity contribution in [3.63, 3.8) is 0 Å². The predicted molar refractivity (Wildman–Crippen MR) is 57.3 cm³/mol. The second kappa shape index (κ2) is 5.59. The van der Waals surface area contributed by atoms with Crippen LogP contribution in [0.4, 0.5) is 32.0 Å². The molecule has 0 radical (unpaired) electrons. The van der Waals surface area contributed by atoms with Crippen molar-refractivity contribution in [2.45, 2.75) is 12.4 Å². The third kappa shape index (κ3) is 4.63. The molecule has 0 atom stereocenters. The van der Waals surface area contributed by atoms with Gasteiger partial charge in [0.2, 0.25) is 0 Å². The minimum Gasteiger partial charge on any atom is -0.480 e. The Labute approximate surface area is 109 Å². The fraction of sp³-hybridized carbons (Fsp3) is 0.364. The van der Waals surface area contributed by atoms with Crippen LogP contribution in [0.1, 0.15) is 5.56 Å². The number of alkyl halides is 6. The Kier molecular flexibility index (Phi) is 4.51. The van der Waals surface area contributed by atoms with Gasteiger partial charge in [-0.2, -0.15) is 26.3 Å². The highest BCUT2D eigenvalue weighted by Crippen LogP contribution is 2.37. The Hall–Kier alpha value is -1.93. The number of carboxylic acids is 1. The van der Waals surface area contributed by atoms with Gasteiger partial charge in [-0.15, -0.1) is 0 Å². The summed E-state index contributed by atoms with van der Waals surface area (Å²) >= 11 is 0. The Bertz CT molecular complexity index is 483. The van der Waals surface area contributed by atoms with Crippen LogP contribution in [0, 0.1) is 0 Å². The summed E-state index contributed by atoms with van der Waals surface area (Å²) < 4.78 is 75.2. The summed E-state index contributed by atoms with van der Waals surface area (Å²) in [6.45, 7) is -2.97. The molecule has 1 N–H and O–H groups in total. The van der Waals surface area contributed by atoms with Crippen molar-refractivity contribution in [2.24, 2.45) is 0 Å². The van der Waals surface area contributed by atoms with Crippen molar-refractivity contribution in [1.82, 2.24) is 0 Å². The highest BCUT2D eigenvalue weighted by molar-refractivity contribution is 5.74. The van der Waals surface area contributed by atoms with Crippen molar-refractivity contribution in [2.75, 3.05) is 18.0 Å². The Morgan fingerprint density at radius 3 is 2.10 bits per heavy atom. The number of halogens is 6. The van der Waals surface area contributed by atoms with Gasteiger partial charge in [0.15, 0.2) is 0 Å². The van der Waals surface area contributed by atoms with Crippen LogP contribution < -0.4 is 4.90 Å². The molecule has 0 saturated carbocycles. The molecule has 0 aromatic heterocycles. The third-order valence-electron chi connectivity index (χ3n) is 2.25. The molecule has 1 aromatic carbocycles. The number of hydrogen-bond acceptors (Lipinski definition) is 2. The summed E-state index contributed by atoms with van der Waals surface area (Å²) in [4.78, 5) is 10.7. The molecule has 0 aliphatic rings. The number of carboxylic acid groups (broad SMARTS) is 1. The van der Waals surface area contributed by atoms with Crippen LogP contribution in [0.15, 0.2) is 24.3 Å². The van der Waals surface area contributed by atoms with Crippen molar-refractivity contribution in [3.05, 3.63) is 29.8 Å². The standard InChI is InChI=1S/C11H9F6NO2/c12-10(13,14)6-18(5-9(19)20)8-4-2-1-3-7(8)11(15,16)17/h1-4H,5-6H2,(H,19,20). The molecule has 0 aliphatic carbocycles. The summed E-state index contributed by atoms with van der Waals surface area (Å²) in [5.41, 5.74) is -2.13. The first kappa shape index (κ1) is 16.1. The zero-order chi connectivity index (χ0) is 15.6. The first-order chi connectivity index (χ1) is 9.00. The molecule has 112 valence electrons.